The van der Waals surface area contributed by atoms with Crippen LogP contribution in [0.3, 0.4) is 0 Å². The Morgan fingerprint density at radius 2 is 1.89 bits per heavy atom. The van der Waals surface area contributed by atoms with Crippen LogP contribution in [0.5, 0.6) is 0 Å². The number of carbonyl (C=O) groups is 2. The van der Waals surface area contributed by atoms with E-state index >= 15 is 0 Å². The second kappa shape index (κ2) is 9.26. The summed E-state index contributed by atoms with van der Waals surface area (Å²) in [5.74, 6) is 0.0962. The van der Waals surface area contributed by atoms with Gasteiger partial charge in [0, 0.05) is 19.4 Å². The van der Waals surface area contributed by atoms with Gasteiger partial charge in [-0.3, -0.25) is 9.59 Å². The summed E-state index contributed by atoms with van der Waals surface area (Å²) >= 11 is 7.83. The zero-order valence-corrected chi connectivity index (χ0v) is 16.5. The van der Waals surface area contributed by atoms with Crippen molar-refractivity contribution in [3.63, 3.8) is 0 Å². The third-order valence-corrected chi connectivity index (χ3v) is 5.98. The van der Waals surface area contributed by atoms with Crippen LogP contribution in [0.2, 0.25) is 5.02 Å². The van der Waals surface area contributed by atoms with Crippen LogP contribution < -0.4 is 5.32 Å². The molecule has 1 saturated heterocycles. The lowest BCUT2D eigenvalue weighted by atomic mass is 10.1. The zero-order chi connectivity index (χ0) is 19.2. The average molecular weight is 405 g/mol. The fourth-order valence-corrected chi connectivity index (χ4v) is 4.64. The number of benzene rings is 2. The first-order valence-electron chi connectivity index (χ1n) is 8.64. The Morgan fingerprint density at radius 3 is 2.59 bits per heavy atom. The van der Waals surface area contributed by atoms with E-state index in [1.807, 2.05) is 30.3 Å². The van der Waals surface area contributed by atoms with E-state index in [0.717, 1.165) is 5.56 Å². The normalized spacial score (nSPS) is 19.1. The summed E-state index contributed by atoms with van der Waals surface area (Å²) in [6, 6.07) is 16.1. The molecule has 7 heteroatoms. The van der Waals surface area contributed by atoms with E-state index in [4.69, 9.17) is 16.3 Å². The molecule has 1 aliphatic heterocycles. The highest BCUT2D eigenvalue weighted by molar-refractivity contribution is 7.99. The van der Waals surface area contributed by atoms with Crippen molar-refractivity contribution in [2.45, 2.75) is 11.4 Å². The van der Waals surface area contributed by atoms with Crippen LogP contribution in [0.1, 0.15) is 21.3 Å². The van der Waals surface area contributed by atoms with Crippen LogP contribution >= 0.6 is 23.4 Å². The average Bonchev–Trinajstić information content (AvgIpc) is 3.14. The van der Waals surface area contributed by atoms with Gasteiger partial charge in [-0.25, -0.2) is 0 Å². The van der Waals surface area contributed by atoms with Gasteiger partial charge in [-0.05, 0) is 17.7 Å². The smallest absolute Gasteiger partial charge is 0.257 e. The van der Waals surface area contributed by atoms with Crippen LogP contribution in [0.4, 0.5) is 0 Å². The number of nitrogens with one attached hydrogen (secondary N) is 1. The lowest BCUT2D eigenvalue weighted by Gasteiger charge is -2.29. The van der Waals surface area contributed by atoms with Gasteiger partial charge in [-0.2, -0.15) is 0 Å². The molecule has 2 amide bonds. The number of hydrogen-bond acceptors (Lipinski definition) is 4. The van der Waals surface area contributed by atoms with Crippen LogP contribution in [0.15, 0.2) is 54.6 Å². The molecule has 3 rings (SSSR count). The van der Waals surface area contributed by atoms with Crippen molar-refractivity contribution >= 4 is 35.2 Å². The van der Waals surface area contributed by atoms with Gasteiger partial charge in [-0.1, -0.05) is 54.1 Å². The SMILES string of the molecule is COCCNC(=O)C1CSC(c2ccccc2)N1C(=O)c1ccccc1Cl. The molecule has 0 bridgehead atoms. The van der Waals surface area contributed by atoms with E-state index in [-0.39, 0.29) is 17.2 Å². The summed E-state index contributed by atoms with van der Waals surface area (Å²) in [5.41, 5.74) is 1.38. The minimum Gasteiger partial charge on any atom is -0.383 e. The molecule has 5 nitrogen and oxygen atoms in total. The monoisotopic (exact) mass is 404 g/mol. The molecule has 0 radical (unpaired) electrons. The van der Waals surface area contributed by atoms with Crippen molar-refractivity contribution < 1.29 is 14.3 Å². The molecule has 0 aliphatic carbocycles. The van der Waals surface area contributed by atoms with Crippen LogP contribution in [-0.4, -0.2) is 48.8 Å². The molecule has 0 saturated carbocycles. The lowest BCUT2D eigenvalue weighted by molar-refractivity contribution is -0.125. The number of methoxy groups -OCH3 is 1. The van der Waals surface area contributed by atoms with Gasteiger partial charge in [0.15, 0.2) is 0 Å². The summed E-state index contributed by atoms with van der Waals surface area (Å²) in [4.78, 5) is 27.7. The Hall–Kier alpha value is -2.02. The maximum Gasteiger partial charge on any atom is 0.257 e. The summed E-state index contributed by atoms with van der Waals surface area (Å²) in [7, 11) is 1.58. The molecule has 0 aromatic heterocycles. The maximum atomic E-state index is 13.3. The van der Waals surface area contributed by atoms with Gasteiger partial charge >= 0.3 is 0 Å². The number of carbonyl (C=O) groups excluding carboxylic acids is 2. The van der Waals surface area contributed by atoms with Gasteiger partial charge < -0.3 is 15.0 Å². The molecule has 1 aliphatic rings. The number of amides is 2. The van der Waals surface area contributed by atoms with E-state index < -0.39 is 6.04 Å². The van der Waals surface area contributed by atoms with Crippen molar-refractivity contribution in [1.29, 1.82) is 0 Å². The second-order valence-corrected chi connectivity index (χ2v) is 7.61. The molecule has 1 N–H and O–H groups in total. The Morgan fingerprint density at radius 1 is 1.19 bits per heavy atom. The summed E-state index contributed by atoms with van der Waals surface area (Å²) < 4.78 is 4.99. The van der Waals surface area contributed by atoms with E-state index in [9.17, 15) is 9.59 Å². The van der Waals surface area contributed by atoms with Crippen molar-refractivity contribution in [2.75, 3.05) is 26.0 Å². The Balaban J connectivity index is 1.91. The Bertz CT molecular complexity index is 803. The van der Waals surface area contributed by atoms with Crippen LogP contribution in [-0.2, 0) is 9.53 Å². The van der Waals surface area contributed by atoms with E-state index in [2.05, 4.69) is 5.32 Å². The van der Waals surface area contributed by atoms with Gasteiger partial charge in [-0.15, -0.1) is 11.8 Å². The molecule has 142 valence electrons. The minimum atomic E-state index is -0.569. The third-order valence-electron chi connectivity index (χ3n) is 4.33. The number of rotatable bonds is 6. The predicted octanol–water partition coefficient (Wildman–Crippen LogP) is 3.36. The van der Waals surface area contributed by atoms with Crippen molar-refractivity contribution in [3.05, 3.63) is 70.7 Å². The molecule has 2 aromatic rings. The molecule has 2 atom stereocenters. The first-order valence-corrected chi connectivity index (χ1v) is 10.1. The summed E-state index contributed by atoms with van der Waals surface area (Å²) in [6.45, 7) is 0.826. The van der Waals surface area contributed by atoms with E-state index in [1.165, 1.54) is 0 Å². The van der Waals surface area contributed by atoms with Gasteiger partial charge in [0.2, 0.25) is 5.91 Å². The van der Waals surface area contributed by atoms with E-state index in [0.29, 0.717) is 29.5 Å². The minimum absolute atomic E-state index is 0.182. The second-order valence-electron chi connectivity index (χ2n) is 6.09. The fraction of sp³-hybridized carbons (Fsp3) is 0.300. The molecule has 2 unspecified atom stereocenters. The third kappa shape index (κ3) is 4.46. The molecule has 1 fully saturated rings. The highest BCUT2D eigenvalue weighted by Crippen LogP contribution is 2.42. The largest absolute Gasteiger partial charge is 0.383 e. The first kappa shape index (κ1) is 19.7. The number of ether oxygens (including phenoxy) is 1. The molecule has 2 aromatic carbocycles. The first-order chi connectivity index (χ1) is 13.1. The predicted molar refractivity (Wildman–Crippen MR) is 108 cm³/mol. The highest BCUT2D eigenvalue weighted by Gasteiger charge is 2.42. The molecular formula is C20H21ClN2O3S. The molecule has 0 spiro atoms. The lowest BCUT2D eigenvalue weighted by Crippen LogP contribution is -2.48. The number of thioether (sulfide) groups is 1. The molecule has 27 heavy (non-hydrogen) atoms. The topological polar surface area (TPSA) is 58.6 Å². The number of hydrogen-bond donors (Lipinski definition) is 1. The summed E-state index contributed by atoms with van der Waals surface area (Å²) in [6.07, 6.45) is 0. The van der Waals surface area contributed by atoms with Crippen molar-refractivity contribution in [2.24, 2.45) is 0 Å². The Labute approximate surface area is 168 Å². The van der Waals surface area contributed by atoms with Gasteiger partial charge in [0.1, 0.15) is 11.4 Å². The highest BCUT2D eigenvalue weighted by atomic mass is 35.5. The zero-order valence-electron chi connectivity index (χ0n) is 14.9. The molecular weight excluding hydrogens is 384 g/mol. The number of nitrogens with zero attached hydrogens (tertiary/aromatic N) is 1. The van der Waals surface area contributed by atoms with Gasteiger partial charge in [0.05, 0.1) is 17.2 Å². The van der Waals surface area contributed by atoms with E-state index in [1.54, 1.807) is 48.0 Å². The maximum absolute atomic E-state index is 13.3. The van der Waals surface area contributed by atoms with Crippen LogP contribution in [0, 0.1) is 0 Å². The summed E-state index contributed by atoms with van der Waals surface area (Å²) in [5, 5.41) is 2.98. The number of halogens is 1. The van der Waals surface area contributed by atoms with Crippen LogP contribution in [0.25, 0.3) is 0 Å². The molecule has 1 heterocycles. The van der Waals surface area contributed by atoms with Gasteiger partial charge in [0.25, 0.3) is 5.91 Å². The quantitative estimate of drug-likeness (QED) is 0.750. The fourth-order valence-electron chi connectivity index (χ4n) is 3.00. The van der Waals surface area contributed by atoms with Crippen molar-refractivity contribution in [1.82, 2.24) is 10.2 Å². The van der Waals surface area contributed by atoms with Crippen molar-refractivity contribution in [3.8, 4) is 0 Å². The Kier molecular flexibility index (Phi) is 6.77. The standard InChI is InChI=1S/C20H21ClN2O3S/c1-26-12-11-22-18(24)17-13-27-20(14-7-3-2-4-8-14)23(17)19(25)15-9-5-6-10-16(15)21/h2-10,17,20H,11-13H2,1H3,(H,22,24).